The van der Waals surface area contributed by atoms with Gasteiger partial charge in [-0.3, -0.25) is 4.79 Å². The zero-order valence-corrected chi connectivity index (χ0v) is 10.8. The smallest absolute Gasteiger partial charge is 0.233 e. The van der Waals surface area contributed by atoms with Crippen LogP contribution in [0.4, 0.5) is 0 Å². The Kier molecular flexibility index (Phi) is 5.88. The van der Waals surface area contributed by atoms with Crippen molar-refractivity contribution in [3.8, 4) is 0 Å². The van der Waals surface area contributed by atoms with Crippen LogP contribution in [0, 0.1) is 5.92 Å². The fraction of sp³-hybridized carbons (Fsp3) is 0.917. The Morgan fingerprint density at radius 1 is 1.53 bits per heavy atom. The Labute approximate surface area is 103 Å². The summed E-state index contributed by atoms with van der Waals surface area (Å²) in [7, 11) is 0. The molecule has 1 saturated heterocycles. The molecule has 1 heterocycles. The van der Waals surface area contributed by atoms with Crippen molar-refractivity contribution in [3.05, 3.63) is 0 Å². The van der Waals surface area contributed by atoms with Crippen LogP contribution >= 0.6 is 0 Å². The molecule has 0 saturated carbocycles. The van der Waals surface area contributed by atoms with Crippen molar-refractivity contribution in [2.45, 2.75) is 32.3 Å². The van der Waals surface area contributed by atoms with Crippen LogP contribution < -0.4 is 10.6 Å². The van der Waals surface area contributed by atoms with Crippen LogP contribution in [0.3, 0.4) is 0 Å². The van der Waals surface area contributed by atoms with Gasteiger partial charge in [0.15, 0.2) is 0 Å². The minimum absolute atomic E-state index is 0.0202. The molecule has 1 atom stereocenters. The molecular formula is C12H24N2O3. The number of nitrogens with one attached hydrogen (secondary N) is 2. The first-order valence-corrected chi connectivity index (χ1v) is 6.29. The van der Waals surface area contributed by atoms with Crippen molar-refractivity contribution >= 4 is 5.91 Å². The molecule has 0 spiro atoms. The average molecular weight is 244 g/mol. The summed E-state index contributed by atoms with van der Waals surface area (Å²) >= 11 is 0. The Balaban J connectivity index is 2.03. The lowest BCUT2D eigenvalue weighted by Crippen LogP contribution is -2.44. The molecule has 17 heavy (non-hydrogen) atoms. The van der Waals surface area contributed by atoms with Crippen molar-refractivity contribution in [1.82, 2.24) is 10.6 Å². The minimum Gasteiger partial charge on any atom is -0.386 e. The first-order valence-electron chi connectivity index (χ1n) is 6.29. The highest BCUT2D eigenvalue weighted by molar-refractivity contribution is 5.77. The van der Waals surface area contributed by atoms with Crippen molar-refractivity contribution in [3.63, 3.8) is 0 Å². The van der Waals surface area contributed by atoms with Gasteiger partial charge in [0, 0.05) is 26.1 Å². The molecular weight excluding hydrogens is 220 g/mol. The lowest BCUT2D eigenvalue weighted by Gasteiger charge is -2.20. The quantitative estimate of drug-likeness (QED) is 0.584. The Hall–Kier alpha value is -0.650. The van der Waals surface area contributed by atoms with Crippen LogP contribution in [-0.2, 0) is 9.53 Å². The zero-order valence-electron chi connectivity index (χ0n) is 10.8. The van der Waals surface area contributed by atoms with Gasteiger partial charge in [0.2, 0.25) is 5.91 Å². The summed E-state index contributed by atoms with van der Waals surface area (Å²) in [5, 5.41) is 15.7. The number of rotatable bonds is 7. The van der Waals surface area contributed by atoms with E-state index in [0.717, 1.165) is 6.42 Å². The second kappa shape index (κ2) is 6.93. The number of amides is 1. The van der Waals surface area contributed by atoms with E-state index in [1.807, 2.05) is 0 Å². The Morgan fingerprint density at radius 3 is 2.88 bits per heavy atom. The Bertz CT molecular complexity index is 238. The van der Waals surface area contributed by atoms with E-state index in [0.29, 0.717) is 38.6 Å². The molecule has 3 N–H and O–H groups in total. The van der Waals surface area contributed by atoms with Crippen LogP contribution in [0.5, 0.6) is 0 Å². The summed E-state index contributed by atoms with van der Waals surface area (Å²) < 4.78 is 5.12. The second-order valence-electron chi connectivity index (χ2n) is 5.16. The highest BCUT2D eigenvalue weighted by Crippen LogP contribution is 2.16. The highest BCUT2D eigenvalue weighted by atomic mass is 16.5. The number of ether oxygens (including phenoxy) is 1. The predicted molar refractivity (Wildman–Crippen MR) is 65.7 cm³/mol. The first kappa shape index (κ1) is 14.4. The van der Waals surface area contributed by atoms with E-state index >= 15 is 0 Å². The van der Waals surface area contributed by atoms with E-state index in [1.165, 1.54) is 0 Å². The maximum atomic E-state index is 11.4. The number of carbonyl (C=O) groups excluding carboxylic acids is 1. The molecule has 0 aliphatic carbocycles. The molecule has 1 unspecified atom stereocenters. The van der Waals surface area contributed by atoms with Gasteiger partial charge >= 0.3 is 0 Å². The maximum absolute atomic E-state index is 11.4. The third-order valence-corrected chi connectivity index (χ3v) is 2.87. The van der Waals surface area contributed by atoms with Gasteiger partial charge < -0.3 is 20.5 Å². The predicted octanol–water partition coefficient (Wildman–Crippen LogP) is -0.110. The summed E-state index contributed by atoms with van der Waals surface area (Å²) in [6.07, 6.45) is 1.62. The molecule has 100 valence electrons. The van der Waals surface area contributed by atoms with Gasteiger partial charge in [-0.25, -0.2) is 0 Å². The fourth-order valence-electron chi connectivity index (χ4n) is 1.71. The van der Waals surface area contributed by atoms with Crippen LogP contribution in [0.25, 0.3) is 0 Å². The largest absolute Gasteiger partial charge is 0.386 e. The summed E-state index contributed by atoms with van der Waals surface area (Å²) in [4.78, 5) is 11.4. The maximum Gasteiger partial charge on any atom is 0.233 e. The SMILES string of the molecule is CC(C)CCNC(=O)CNCC1(O)CCOC1. The Morgan fingerprint density at radius 2 is 2.29 bits per heavy atom. The first-order chi connectivity index (χ1) is 8.02. The third-order valence-electron chi connectivity index (χ3n) is 2.87. The monoisotopic (exact) mass is 244 g/mol. The lowest BCUT2D eigenvalue weighted by atomic mass is 10.0. The van der Waals surface area contributed by atoms with E-state index in [4.69, 9.17) is 4.74 Å². The topological polar surface area (TPSA) is 70.6 Å². The van der Waals surface area contributed by atoms with Gasteiger partial charge in [0.05, 0.1) is 13.2 Å². The number of hydrogen-bond donors (Lipinski definition) is 3. The average Bonchev–Trinajstić information content (AvgIpc) is 2.65. The van der Waals surface area contributed by atoms with Crippen LogP contribution in [0.2, 0.25) is 0 Å². The summed E-state index contributed by atoms with van der Waals surface area (Å²) in [5.41, 5.74) is -0.793. The molecule has 1 fully saturated rings. The second-order valence-corrected chi connectivity index (χ2v) is 5.16. The number of aliphatic hydroxyl groups is 1. The third kappa shape index (κ3) is 6.00. The van der Waals surface area contributed by atoms with Gasteiger partial charge in [-0.1, -0.05) is 13.8 Å². The molecule has 0 bridgehead atoms. The number of carbonyl (C=O) groups is 1. The van der Waals surface area contributed by atoms with E-state index < -0.39 is 5.60 Å². The van der Waals surface area contributed by atoms with Gasteiger partial charge in [-0.15, -0.1) is 0 Å². The lowest BCUT2D eigenvalue weighted by molar-refractivity contribution is -0.120. The van der Waals surface area contributed by atoms with Crippen molar-refractivity contribution in [2.24, 2.45) is 5.92 Å². The van der Waals surface area contributed by atoms with Crippen molar-refractivity contribution in [1.29, 1.82) is 0 Å². The fourth-order valence-corrected chi connectivity index (χ4v) is 1.71. The summed E-state index contributed by atoms with van der Waals surface area (Å²) in [6, 6.07) is 0. The minimum atomic E-state index is -0.793. The van der Waals surface area contributed by atoms with Crippen LogP contribution in [0.1, 0.15) is 26.7 Å². The number of hydrogen-bond acceptors (Lipinski definition) is 4. The molecule has 1 amide bonds. The molecule has 0 radical (unpaired) electrons. The van der Waals surface area contributed by atoms with Crippen molar-refractivity contribution in [2.75, 3.05) is 32.8 Å². The molecule has 0 aromatic rings. The zero-order chi connectivity index (χ0) is 12.7. The van der Waals surface area contributed by atoms with E-state index in [1.54, 1.807) is 0 Å². The van der Waals surface area contributed by atoms with Gasteiger partial charge in [0.1, 0.15) is 5.60 Å². The molecule has 0 aromatic carbocycles. The van der Waals surface area contributed by atoms with Gasteiger partial charge in [0.25, 0.3) is 0 Å². The molecule has 1 rings (SSSR count). The standard InChI is InChI=1S/C12H24N2O3/c1-10(2)3-5-14-11(15)7-13-8-12(16)4-6-17-9-12/h10,13,16H,3-9H2,1-2H3,(H,14,15). The summed E-state index contributed by atoms with van der Waals surface area (Å²) in [5.74, 6) is 0.577. The van der Waals surface area contributed by atoms with E-state index in [9.17, 15) is 9.90 Å². The van der Waals surface area contributed by atoms with E-state index in [2.05, 4.69) is 24.5 Å². The van der Waals surface area contributed by atoms with Gasteiger partial charge in [-0.2, -0.15) is 0 Å². The molecule has 0 aromatic heterocycles. The van der Waals surface area contributed by atoms with Crippen LogP contribution in [-0.4, -0.2) is 49.5 Å². The molecule has 1 aliphatic rings. The normalized spacial score (nSPS) is 24.2. The van der Waals surface area contributed by atoms with E-state index in [-0.39, 0.29) is 12.5 Å². The van der Waals surface area contributed by atoms with Crippen LogP contribution in [0.15, 0.2) is 0 Å². The molecule has 1 aliphatic heterocycles. The van der Waals surface area contributed by atoms with Gasteiger partial charge in [-0.05, 0) is 12.3 Å². The van der Waals surface area contributed by atoms with Crippen molar-refractivity contribution < 1.29 is 14.6 Å². The highest BCUT2D eigenvalue weighted by Gasteiger charge is 2.31. The molecule has 5 heteroatoms. The summed E-state index contributed by atoms with van der Waals surface area (Å²) in [6.45, 7) is 6.57. The molecule has 5 nitrogen and oxygen atoms in total.